The van der Waals surface area contributed by atoms with Gasteiger partial charge < -0.3 is 19.7 Å². The van der Waals surface area contributed by atoms with Crippen LogP contribution in [0.15, 0.2) is 53.7 Å². The molecule has 0 amide bonds. The van der Waals surface area contributed by atoms with E-state index < -0.39 is 0 Å². The number of benzene rings is 1. The molecule has 1 aliphatic rings. The molecule has 0 aliphatic carbocycles. The molecule has 1 aromatic carbocycles. The zero-order valence-electron chi connectivity index (χ0n) is 16.5. The Morgan fingerprint density at radius 3 is 2.82 bits per heavy atom. The first kappa shape index (κ1) is 22.4. The SMILES string of the molecule is CN=C(NCc1cccnc1OC)N1CCC(COCc2ccccc2)C1.I. The second kappa shape index (κ2) is 11.9. The van der Waals surface area contributed by atoms with Crippen molar-refractivity contribution in [3.05, 3.63) is 59.8 Å². The van der Waals surface area contributed by atoms with Gasteiger partial charge in [-0.1, -0.05) is 36.4 Å². The highest BCUT2D eigenvalue weighted by Gasteiger charge is 2.25. The molecule has 2 aromatic rings. The van der Waals surface area contributed by atoms with E-state index in [1.54, 1.807) is 13.3 Å². The average Bonchev–Trinajstić information content (AvgIpc) is 3.18. The van der Waals surface area contributed by atoms with Crippen molar-refractivity contribution in [1.82, 2.24) is 15.2 Å². The highest BCUT2D eigenvalue weighted by molar-refractivity contribution is 14.0. The van der Waals surface area contributed by atoms with E-state index >= 15 is 0 Å². The Kier molecular flexibility index (Phi) is 9.49. The fourth-order valence-corrected chi connectivity index (χ4v) is 3.33. The molecule has 7 heteroatoms. The van der Waals surface area contributed by atoms with Crippen LogP contribution in [-0.2, 0) is 17.9 Å². The van der Waals surface area contributed by atoms with Crippen LogP contribution in [0.2, 0.25) is 0 Å². The first-order chi connectivity index (χ1) is 13.3. The molecule has 1 unspecified atom stereocenters. The number of halogens is 1. The summed E-state index contributed by atoms with van der Waals surface area (Å²) < 4.78 is 11.2. The van der Waals surface area contributed by atoms with Gasteiger partial charge in [-0.2, -0.15) is 0 Å². The Morgan fingerprint density at radius 1 is 1.25 bits per heavy atom. The fraction of sp³-hybridized carbons (Fsp3) is 0.429. The Bertz CT molecular complexity index is 742. The largest absolute Gasteiger partial charge is 0.481 e. The molecule has 1 aromatic heterocycles. The number of hydrogen-bond donors (Lipinski definition) is 1. The third-order valence-corrected chi connectivity index (χ3v) is 4.74. The summed E-state index contributed by atoms with van der Waals surface area (Å²) in [6, 6.07) is 14.2. The highest BCUT2D eigenvalue weighted by atomic mass is 127. The lowest BCUT2D eigenvalue weighted by molar-refractivity contribution is 0.0906. The third kappa shape index (κ3) is 6.34. The first-order valence-electron chi connectivity index (χ1n) is 9.35. The van der Waals surface area contributed by atoms with Gasteiger partial charge in [-0.15, -0.1) is 24.0 Å². The van der Waals surface area contributed by atoms with Crippen LogP contribution in [0, 0.1) is 5.92 Å². The molecular formula is C21H29IN4O2. The van der Waals surface area contributed by atoms with Crippen LogP contribution < -0.4 is 10.1 Å². The number of aliphatic imine (C=N–C) groups is 1. The van der Waals surface area contributed by atoms with Gasteiger partial charge in [0.1, 0.15) is 0 Å². The number of nitrogens with one attached hydrogen (secondary N) is 1. The fourth-order valence-electron chi connectivity index (χ4n) is 3.33. The van der Waals surface area contributed by atoms with E-state index in [0.29, 0.717) is 24.9 Å². The molecule has 3 rings (SSSR count). The molecular weight excluding hydrogens is 467 g/mol. The first-order valence-corrected chi connectivity index (χ1v) is 9.35. The molecule has 0 spiro atoms. The van der Waals surface area contributed by atoms with Gasteiger partial charge in [0.15, 0.2) is 5.96 Å². The standard InChI is InChI=1S/C21H28N4O2.HI/c1-22-21(24-13-19-9-6-11-23-20(19)26-2)25-12-10-18(14-25)16-27-15-17-7-4-3-5-8-17;/h3-9,11,18H,10,12-16H2,1-2H3,(H,22,24);1H. The summed E-state index contributed by atoms with van der Waals surface area (Å²) in [6.45, 7) is 4.03. The highest BCUT2D eigenvalue weighted by Crippen LogP contribution is 2.18. The van der Waals surface area contributed by atoms with Crippen LogP contribution in [0.25, 0.3) is 0 Å². The van der Waals surface area contributed by atoms with Gasteiger partial charge in [0.05, 0.1) is 20.3 Å². The number of nitrogens with zero attached hydrogens (tertiary/aromatic N) is 3. The van der Waals surface area contributed by atoms with Crippen LogP contribution in [0.3, 0.4) is 0 Å². The summed E-state index contributed by atoms with van der Waals surface area (Å²) >= 11 is 0. The molecule has 28 heavy (non-hydrogen) atoms. The van der Waals surface area contributed by atoms with Crippen molar-refractivity contribution in [2.45, 2.75) is 19.6 Å². The van der Waals surface area contributed by atoms with E-state index in [1.165, 1.54) is 5.56 Å². The predicted octanol–water partition coefficient (Wildman–Crippen LogP) is 3.32. The van der Waals surface area contributed by atoms with Gasteiger partial charge in [0, 0.05) is 44.4 Å². The summed E-state index contributed by atoms with van der Waals surface area (Å²) in [6.07, 6.45) is 2.85. The van der Waals surface area contributed by atoms with Gasteiger partial charge >= 0.3 is 0 Å². The number of guanidine groups is 1. The number of likely N-dealkylation sites (tertiary alicyclic amines) is 1. The van der Waals surface area contributed by atoms with Crippen molar-refractivity contribution >= 4 is 29.9 Å². The number of hydrogen-bond acceptors (Lipinski definition) is 4. The second-order valence-corrected chi connectivity index (χ2v) is 6.67. The number of ether oxygens (including phenoxy) is 2. The molecule has 2 heterocycles. The van der Waals surface area contributed by atoms with Crippen LogP contribution in [0.4, 0.5) is 0 Å². The Balaban J connectivity index is 0.00000280. The number of aromatic nitrogens is 1. The lowest BCUT2D eigenvalue weighted by atomic mass is 10.1. The van der Waals surface area contributed by atoms with E-state index in [-0.39, 0.29) is 24.0 Å². The lowest BCUT2D eigenvalue weighted by Crippen LogP contribution is -2.40. The third-order valence-electron chi connectivity index (χ3n) is 4.74. The Labute approximate surface area is 184 Å². The summed E-state index contributed by atoms with van der Waals surface area (Å²) in [5.74, 6) is 2.08. The maximum atomic E-state index is 5.91. The van der Waals surface area contributed by atoms with Crippen molar-refractivity contribution in [2.24, 2.45) is 10.9 Å². The van der Waals surface area contributed by atoms with Gasteiger partial charge in [-0.05, 0) is 18.1 Å². The van der Waals surface area contributed by atoms with Gasteiger partial charge in [-0.3, -0.25) is 4.99 Å². The van der Waals surface area contributed by atoms with E-state index in [2.05, 4.69) is 32.3 Å². The molecule has 1 saturated heterocycles. The minimum atomic E-state index is 0. The minimum Gasteiger partial charge on any atom is -0.481 e. The van der Waals surface area contributed by atoms with Crippen molar-refractivity contribution in [2.75, 3.05) is 33.9 Å². The maximum Gasteiger partial charge on any atom is 0.218 e. The normalized spacial score (nSPS) is 16.6. The number of methoxy groups -OCH3 is 1. The van der Waals surface area contributed by atoms with Crippen molar-refractivity contribution in [3.8, 4) is 5.88 Å². The second-order valence-electron chi connectivity index (χ2n) is 6.67. The Morgan fingerprint density at radius 2 is 2.07 bits per heavy atom. The average molecular weight is 496 g/mol. The van der Waals surface area contributed by atoms with Crippen LogP contribution in [0.5, 0.6) is 5.88 Å². The molecule has 152 valence electrons. The molecule has 1 atom stereocenters. The molecule has 1 aliphatic heterocycles. The van der Waals surface area contributed by atoms with E-state index in [0.717, 1.165) is 37.6 Å². The van der Waals surface area contributed by atoms with Crippen LogP contribution in [0.1, 0.15) is 17.5 Å². The number of rotatable bonds is 7. The van der Waals surface area contributed by atoms with Crippen LogP contribution >= 0.6 is 24.0 Å². The zero-order valence-corrected chi connectivity index (χ0v) is 18.8. The van der Waals surface area contributed by atoms with Gasteiger partial charge in [0.2, 0.25) is 5.88 Å². The predicted molar refractivity (Wildman–Crippen MR) is 122 cm³/mol. The summed E-state index contributed by atoms with van der Waals surface area (Å²) in [7, 11) is 3.46. The summed E-state index contributed by atoms with van der Waals surface area (Å²) in [4.78, 5) is 11.0. The molecule has 0 saturated carbocycles. The Hall–Kier alpha value is -1.87. The molecule has 0 radical (unpaired) electrons. The number of pyridine rings is 1. The van der Waals surface area contributed by atoms with E-state index in [9.17, 15) is 0 Å². The molecule has 0 bridgehead atoms. The smallest absolute Gasteiger partial charge is 0.218 e. The van der Waals surface area contributed by atoms with E-state index in [4.69, 9.17) is 9.47 Å². The monoisotopic (exact) mass is 496 g/mol. The molecule has 6 nitrogen and oxygen atoms in total. The van der Waals surface area contributed by atoms with Crippen molar-refractivity contribution in [3.63, 3.8) is 0 Å². The molecule has 1 N–H and O–H groups in total. The quantitative estimate of drug-likeness (QED) is 0.362. The zero-order chi connectivity index (χ0) is 18.9. The van der Waals surface area contributed by atoms with Gasteiger partial charge in [0.25, 0.3) is 0 Å². The lowest BCUT2D eigenvalue weighted by Gasteiger charge is -2.22. The molecule has 1 fully saturated rings. The minimum absolute atomic E-state index is 0. The van der Waals surface area contributed by atoms with Crippen molar-refractivity contribution in [1.29, 1.82) is 0 Å². The van der Waals surface area contributed by atoms with Crippen molar-refractivity contribution < 1.29 is 9.47 Å². The van der Waals surface area contributed by atoms with Crippen LogP contribution in [-0.4, -0.2) is 49.7 Å². The summed E-state index contributed by atoms with van der Waals surface area (Å²) in [5, 5.41) is 3.42. The maximum absolute atomic E-state index is 5.91. The van der Waals surface area contributed by atoms with Gasteiger partial charge in [-0.25, -0.2) is 4.98 Å². The summed E-state index contributed by atoms with van der Waals surface area (Å²) in [5.41, 5.74) is 2.23. The topological polar surface area (TPSA) is 59.0 Å². The van der Waals surface area contributed by atoms with E-state index in [1.807, 2.05) is 37.4 Å².